The number of Topliss-reactive ketones (excluding diaryl/α,β-unsaturated/α-hetero) is 2. The first-order chi connectivity index (χ1) is 26.9. The predicted molar refractivity (Wildman–Crippen MR) is 215 cm³/mol. The van der Waals surface area contributed by atoms with Crippen molar-refractivity contribution in [1.29, 1.82) is 0 Å². The molecule has 4 rings (SSSR count). The first kappa shape index (κ1) is 42.9. The highest BCUT2D eigenvalue weighted by molar-refractivity contribution is 6.45. The van der Waals surface area contributed by atoms with E-state index >= 15 is 0 Å². The number of hydrogen-bond acceptors (Lipinski definition) is 12. The average Bonchev–Trinajstić information content (AvgIpc) is 3.14. The first-order valence-corrected chi connectivity index (χ1v) is 18.5. The van der Waals surface area contributed by atoms with Crippen LogP contribution in [0, 0.1) is 0 Å². The second-order valence-corrected chi connectivity index (χ2v) is 12.6. The fourth-order valence-electron chi connectivity index (χ4n) is 5.14. The van der Waals surface area contributed by atoms with Crippen molar-refractivity contribution in [1.82, 2.24) is 0 Å². The normalized spacial score (nSPS) is 12.2. The van der Waals surface area contributed by atoms with Crippen LogP contribution in [0.1, 0.15) is 41.5 Å². The molecule has 4 aromatic carbocycles. The van der Waals surface area contributed by atoms with Gasteiger partial charge in [0.05, 0.1) is 42.2 Å². The van der Waals surface area contributed by atoms with Gasteiger partial charge in [0.1, 0.15) is 28.7 Å². The Labute approximate surface area is 334 Å². The number of azo groups is 2. The van der Waals surface area contributed by atoms with Crippen LogP contribution in [-0.2, 0) is 19.2 Å². The fraction of sp³-hybridized carbons (Fsp3) is 0.300. The Balaban J connectivity index is 1.47. The maximum absolute atomic E-state index is 13.1. The summed E-state index contributed by atoms with van der Waals surface area (Å²) in [6.45, 7) is 11.4. The van der Waals surface area contributed by atoms with Crippen molar-refractivity contribution in [2.24, 2.45) is 20.5 Å². The van der Waals surface area contributed by atoms with Crippen LogP contribution >= 0.6 is 23.2 Å². The molecule has 2 amide bonds. The van der Waals surface area contributed by atoms with Gasteiger partial charge in [0.15, 0.2) is 11.6 Å². The number of hydrogen-bond donors (Lipinski definition) is 2. The van der Waals surface area contributed by atoms with Crippen molar-refractivity contribution in [3.8, 4) is 34.1 Å². The highest BCUT2D eigenvalue weighted by Crippen LogP contribution is 2.40. The van der Waals surface area contributed by atoms with E-state index < -0.39 is 35.5 Å². The Bertz CT molecular complexity index is 2060. The summed E-state index contributed by atoms with van der Waals surface area (Å²) in [5.41, 5.74) is 2.42. The molecule has 0 aliphatic rings. The van der Waals surface area contributed by atoms with Gasteiger partial charge in [0.25, 0.3) is 11.8 Å². The summed E-state index contributed by atoms with van der Waals surface area (Å²) in [4.78, 5) is 51.1. The molecular weight excluding hydrogens is 763 g/mol. The second-order valence-electron chi connectivity index (χ2n) is 11.9. The van der Waals surface area contributed by atoms with Crippen molar-refractivity contribution in [2.45, 2.75) is 53.6 Å². The monoisotopic (exact) mass is 804 g/mol. The van der Waals surface area contributed by atoms with E-state index in [1.54, 1.807) is 72.8 Å². The summed E-state index contributed by atoms with van der Waals surface area (Å²) in [5, 5.41) is 21.8. The van der Waals surface area contributed by atoms with E-state index in [1.165, 1.54) is 13.8 Å². The third kappa shape index (κ3) is 11.8. The molecule has 4 aromatic rings. The molecule has 0 aromatic heterocycles. The van der Waals surface area contributed by atoms with Gasteiger partial charge in [-0.2, -0.15) is 20.5 Å². The van der Waals surface area contributed by atoms with Gasteiger partial charge in [-0.1, -0.05) is 41.4 Å². The largest absolute Gasteiger partial charge is 0.494 e. The average molecular weight is 806 g/mol. The zero-order chi connectivity index (χ0) is 40.8. The molecular formula is C40H42Cl2N6O8. The van der Waals surface area contributed by atoms with E-state index in [-0.39, 0.29) is 15.7 Å². The van der Waals surface area contributed by atoms with Crippen LogP contribution < -0.4 is 29.6 Å². The SMILES string of the molecule is CCOc1cc(NC(=O)C(N=Nc2ccc(-c3ccc(N=NC(C(C)=O)C(=O)Nc4cc(OCC)cc(OCC)c4)c(Cl)c3Cl)cc2)C(C)=O)cc(OCC)c1. The summed E-state index contributed by atoms with van der Waals surface area (Å²) in [7, 11) is 0. The molecule has 0 radical (unpaired) electrons. The van der Waals surface area contributed by atoms with Crippen LogP contribution in [0.15, 0.2) is 93.3 Å². The lowest BCUT2D eigenvalue weighted by Gasteiger charge is -2.13. The van der Waals surface area contributed by atoms with Gasteiger partial charge >= 0.3 is 0 Å². The number of ether oxygens (including phenoxy) is 4. The van der Waals surface area contributed by atoms with E-state index in [4.69, 9.17) is 42.1 Å². The second kappa shape index (κ2) is 20.7. The van der Waals surface area contributed by atoms with Crippen LogP contribution in [0.3, 0.4) is 0 Å². The number of rotatable bonds is 19. The lowest BCUT2D eigenvalue weighted by Crippen LogP contribution is -2.31. The number of anilines is 2. The molecule has 0 aliphatic carbocycles. The van der Waals surface area contributed by atoms with Gasteiger partial charge in [0.2, 0.25) is 12.1 Å². The minimum Gasteiger partial charge on any atom is -0.494 e. The molecule has 0 saturated carbocycles. The molecule has 0 bridgehead atoms. The number of carbonyl (C=O) groups excluding carboxylic acids is 4. The maximum atomic E-state index is 13.1. The molecule has 0 heterocycles. The molecule has 0 fully saturated rings. The Morgan fingerprint density at radius 1 is 0.571 bits per heavy atom. The zero-order valence-electron chi connectivity index (χ0n) is 31.7. The standard InChI is InChI=1S/C40H42Cl2N6O8/c1-7-53-29-17-27(18-30(21-29)54-8-2)43-39(51)37(23(5)49)47-45-26-13-11-25(12-14-26)33-15-16-34(36(42)35(33)41)46-48-38(24(6)50)40(52)44-28-19-31(55-9-3)22-32(20-28)56-10-4/h11-22,37-38H,7-10H2,1-6H3,(H,43,51)(H,44,52). The third-order valence-corrected chi connectivity index (χ3v) is 8.49. The van der Waals surface area contributed by atoms with Crippen LogP contribution in [0.4, 0.5) is 22.7 Å². The quantitative estimate of drug-likeness (QED) is 0.0695. The summed E-state index contributed by atoms with van der Waals surface area (Å²) in [5.74, 6) is -0.494. The number of ketones is 2. The molecule has 0 spiro atoms. The van der Waals surface area contributed by atoms with Gasteiger partial charge in [-0.15, -0.1) is 0 Å². The number of halogens is 2. The number of carbonyl (C=O) groups is 4. The summed E-state index contributed by atoms with van der Waals surface area (Å²) in [6.07, 6.45) is 0. The Kier molecular flexibility index (Phi) is 15.9. The van der Waals surface area contributed by atoms with Crippen molar-refractivity contribution in [3.63, 3.8) is 0 Å². The highest BCUT2D eigenvalue weighted by atomic mass is 35.5. The third-order valence-electron chi connectivity index (χ3n) is 7.62. The van der Waals surface area contributed by atoms with Gasteiger partial charge in [0, 0.05) is 53.3 Å². The number of nitrogens with zero attached hydrogens (tertiary/aromatic N) is 4. The Hall–Kier alpha value is -5.86. The van der Waals surface area contributed by atoms with E-state index in [0.29, 0.717) is 77.6 Å². The lowest BCUT2D eigenvalue weighted by molar-refractivity contribution is -0.127. The van der Waals surface area contributed by atoms with Crippen molar-refractivity contribution >= 4 is 69.3 Å². The first-order valence-electron chi connectivity index (χ1n) is 17.7. The van der Waals surface area contributed by atoms with Gasteiger partial charge in [-0.05, 0) is 65.3 Å². The predicted octanol–water partition coefficient (Wildman–Crippen LogP) is 9.62. The highest BCUT2D eigenvalue weighted by Gasteiger charge is 2.25. The summed E-state index contributed by atoms with van der Waals surface area (Å²) >= 11 is 13.2. The van der Waals surface area contributed by atoms with Crippen molar-refractivity contribution in [2.75, 3.05) is 37.1 Å². The van der Waals surface area contributed by atoms with Crippen LogP contribution in [-0.4, -0.2) is 61.9 Å². The number of benzene rings is 4. The Morgan fingerprint density at radius 3 is 1.38 bits per heavy atom. The van der Waals surface area contributed by atoms with Crippen molar-refractivity contribution < 1.29 is 38.1 Å². The van der Waals surface area contributed by atoms with E-state index in [0.717, 1.165) is 0 Å². The molecule has 0 saturated heterocycles. The molecule has 2 unspecified atom stereocenters. The lowest BCUT2D eigenvalue weighted by atomic mass is 10.0. The van der Waals surface area contributed by atoms with Crippen molar-refractivity contribution in [3.05, 3.63) is 82.8 Å². The minimum atomic E-state index is -1.48. The van der Waals surface area contributed by atoms with Gasteiger partial charge < -0.3 is 29.6 Å². The number of amides is 2. The van der Waals surface area contributed by atoms with Crippen LogP contribution in [0.5, 0.6) is 23.0 Å². The summed E-state index contributed by atoms with van der Waals surface area (Å²) < 4.78 is 22.2. The molecule has 294 valence electrons. The van der Waals surface area contributed by atoms with E-state index in [9.17, 15) is 19.2 Å². The van der Waals surface area contributed by atoms with Gasteiger partial charge in [-0.3, -0.25) is 19.2 Å². The maximum Gasteiger partial charge on any atom is 0.258 e. The molecule has 14 nitrogen and oxygen atoms in total. The van der Waals surface area contributed by atoms with Crippen LogP contribution in [0.2, 0.25) is 10.0 Å². The van der Waals surface area contributed by atoms with E-state index in [1.807, 2.05) is 27.7 Å². The smallest absolute Gasteiger partial charge is 0.258 e. The van der Waals surface area contributed by atoms with Gasteiger partial charge in [-0.25, -0.2) is 0 Å². The molecule has 2 atom stereocenters. The summed E-state index contributed by atoms with van der Waals surface area (Å²) in [6, 6.07) is 16.8. The van der Waals surface area contributed by atoms with E-state index in [2.05, 4.69) is 31.1 Å². The topological polar surface area (TPSA) is 179 Å². The number of nitrogens with one attached hydrogen (secondary N) is 2. The Morgan fingerprint density at radius 2 is 0.982 bits per heavy atom. The van der Waals surface area contributed by atoms with Crippen LogP contribution in [0.25, 0.3) is 11.1 Å². The minimum absolute atomic E-state index is 0.0423. The zero-order valence-corrected chi connectivity index (χ0v) is 33.2. The molecule has 16 heteroatoms. The molecule has 56 heavy (non-hydrogen) atoms. The fourth-order valence-corrected chi connectivity index (χ4v) is 5.61. The molecule has 0 aliphatic heterocycles. The molecule has 2 N–H and O–H groups in total.